The molecule has 2 heterocycles. The third-order valence-corrected chi connectivity index (χ3v) is 5.11. The van der Waals surface area contributed by atoms with Crippen LogP contribution in [0.5, 0.6) is 11.5 Å². The molecule has 0 atom stereocenters. The number of ether oxygens (including phenoxy) is 3. The maximum atomic E-state index is 12.4. The van der Waals surface area contributed by atoms with E-state index < -0.39 is 0 Å². The molecule has 1 amide bonds. The second kappa shape index (κ2) is 10.1. The molecule has 8 nitrogen and oxygen atoms in total. The van der Waals surface area contributed by atoms with Gasteiger partial charge in [0, 0.05) is 24.3 Å². The van der Waals surface area contributed by atoms with Crippen LogP contribution < -0.4 is 19.7 Å². The van der Waals surface area contributed by atoms with E-state index in [1.54, 1.807) is 13.2 Å². The molecule has 166 valence electrons. The summed E-state index contributed by atoms with van der Waals surface area (Å²) >= 11 is 0. The lowest BCUT2D eigenvalue weighted by Crippen LogP contribution is -2.36. The van der Waals surface area contributed by atoms with Crippen LogP contribution in [0.25, 0.3) is 11.3 Å². The Kier molecular flexibility index (Phi) is 6.81. The molecule has 0 spiro atoms. The highest BCUT2D eigenvalue weighted by atomic mass is 16.5. The number of rotatable bonds is 7. The van der Waals surface area contributed by atoms with Gasteiger partial charge in [-0.25, -0.2) is 0 Å². The first kappa shape index (κ1) is 21.6. The minimum atomic E-state index is -0.265. The molecule has 0 bridgehead atoms. The number of nitrogens with one attached hydrogen (secondary N) is 1. The number of morpholine rings is 1. The van der Waals surface area contributed by atoms with Gasteiger partial charge in [-0.1, -0.05) is 18.2 Å². The number of aryl methyl sites for hydroxylation is 1. The van der Waals surface area contributed by atoms with Gasteiger partial charge >= 0.3 is 0 Å². The molecule has 1 N–H and O–H groups in total. The van der Waals surface area contributed by atoms with Crippen LogP contribution in [0.15, 0.2) is 54.6 Å². The number of hydrogen-bond donors (Lipinski definition) is 1. The van der Waals surface area contributed by atoms with Gasteiger partial charge in [-0.15, -0.1) is 10.2 Å². The third kappa shape index (κ3) is 5.33. The zero-order valence-electron chi connectivity index (χ0n) is 18.2. The molecular weight excluding hydrogens is 408 g/mol. The van der Waals surface area contributed by atoms with Crippen molar-refractivity contribution in [2.45, 2.75) is 6.92 Å². The predicted octanol–water partition coefficient (Wildman–Crippen LogP) is 3.31. The molecule has 32 heavy (non-hydrogen) atoms. The van der Waals surface area contributed by atoms with Crippen LogP contribution in [0, 0.1) is 6.92 Å². The largest absolute Gasteiger partial charge is 0.493 e. The van der Waals surface area contributed by atoms with Crippen molar-refractivity contribution in [2.75, 3.05) is 50.2 Å². The second-order valence-corrected chi connectivity index (χ2v) is 7.45. The minimum Gasteiger partial charge on any atom is -0.493 e. The SMILES string of the molecule is COc1cc(C)ccc1OCC(=O)Nc1cccc(-c2ccc(N3CCOCC3)nn2)c1. The van der Waals surface area contributed by atoms with Crippen LogP contribution in [0.4, 0.5) is 11.5 Å². The molecule has 0 unspecified atom stereocenters. The maximum Gasteiger partial charge on any atom is 0.262 e. The Labute approximate surface area is 187 Å². The summed E-state index contributed by atoms with van der Waals surface area (Å²) in [5, 5.41) is 11.6. The Morgan fingerprint density at radius 3 is 2.66 bits per heavy atom. The lowest BCUT2D eigenvalue weighted by atomic mass is 10.1. The number of carbonyl (C=O) groups excluding carboxylic acids is 1. The molecule has 1 saturated heterocycles. The van der Waals surface area contributed by atoms with Crippen LogP contribution in [0.2, 0.25) is 0 Å². The summed E-state index contributed by atoms with van der Waals surface area (Å²) in [5.41, 5.74) is 3.31. The monoisotopic (exact) mass is 434 g/mol. The molecule has 1 aromatic heterocycles. The highest BCUT2D eigenvalue weighted by Crippen LogP contribution is 2.28. The Hall–Kier alpha value is -3.65. The van der Waals surface area contributed by atoms with Gasteiger partial charge in [0.05, 0.1) is 26.0 Å². The van der Waals surface area contributed by atoms with Crippen LogP contribution in [-0.2, 0) is 9.53 Å². The van der Waals surface area contributed by atoms with Crippen molar-refractivity contribution in [2.24, 2.45) is 0 Å². The third-order valence-electron chi connectivity index (χ3n) is 5.11. The maximum absolute atomic E-state index is 12.4. The van der Waals surface area contributed by atoms with Gasteiger partial charge in [0.2, 0.25) is 0 Å². The van der Waals surface area contributed by atoms with E-state index in [1.807, 2.05) is 55.5 Å². The Morgan fingerprint density at radius 1 is 1.06 bits per heavy atom. The molecule has 0 saturated carbocycles. The number of nitrogens with zero attached hydrogens (tertiary/aromatic N) is 3. The van der Waals surface area contributed by atoms with Gasteiger partial charge in [0.15, 0.2) is 23.9 Å². The van der Waals surface area contributed by atoms with Crippen molar-refractivity contribution in [3.8, 4) is 22.8 Å². The Morgan fingerprint density at radius 2 is 1.91 bits per heavy atom. The fourth-order valence-corrected chi connectivity index (χ4v) is 3.43. The molecule has 8 heteroatoms. The first-order valence-corrected chi connectivity index (χ1v) is 10.5. The van der Waals surface area contributed by atoms with E-state index in [2.05, 4.69) is 20.4 Å². The lowest BCUT2D eigenvalue weighted by molar-refractivity contribution is -0.118. The highest BCUT2D eigenvalue weighted by molar-refractivity contribution is 5.92. The minimum absolute atomic E-state index is 0.127. The second-order valence-electron chi connectivity index (χ2n) is 7.45. The first-order valence-electron chi connectivity index (χ1n) is 10.5. The Bertz CT molecular complexity index is 1070. The molecule has 1 aliphatic rings. The molecule has 0 radical (unpaired) electrons. The summed E-state index contributed by atoms with van der Waals surface area (Å²) in [6.45, 7) is 4.86. The molecule has 1 aliphatic heterocycles. The van der Waals surface area contributed by atoms with Gasteiger partial charge in [-0.3, -0.25) is 4.79 Å². The van der Waals surface area contributed by atoms with E-state index in [0.717, 1.165) is 35.7 Å². The number of benzene rings is 2. The Balaban J connectivity index is 1.38. The average Bonchev–Trinajstić information content (AvgIpc) is 2.84. The van der Waals surface area contributed by atoms with Gasteiger partial charge in [-0.2, -0.15) is 0 Å². The summed E-state index contributed by atoms with van der Waals surface area (Å²) in [5.74, 6) is 1.69. The van der Waals surface area contributed by atoms with Gasteiger partial charge < -0.3 is 24.4 Å². The van der Waals surface area contributed by atoms with Crippen molar-refractivity contribution in [3.63, 3.8) is 0 Å². The predicted molar refractivity (Wildman–Crippen MR) is 122 cm³/mol. The van der Waals surface area contributed by atoms with Crippen molar-refractivity contribution >= 4 is 17.4 Å². The topological polar surface area (TPSA) is 85.8 Å². The van der Waals surface area contributed by atoms with E-state index in [-0.39, 0.29) is 12.5 Å². The molecular formula is C24H26N4O4. The molecule has 2 aromatic carbocycles. The molecule has 0 aliphatic carbocycles. The van der Waals surface area contributed by atoms with Crippen molar-refractivity contribution in [1.29, 1.82) is 0 Å². The van der Waals surface area contributed by atoms with E-state index in [9.17, 15) is 4.79 Å². The van der Waals surface area contributed by atoms with Crippen molar-refractivity contribution in [3.05, 3.63) is 60.2 Å². The lowest BCUT2D eigenvalue weighted by Gasteiger charge is -2.27. The smallest absolute Gasteiger partial charge is 0.262 e. The summed E-state index contributed by atoms with van der Waals surface area (Å²) in [6.07, 6.45) is 0. The number of aromatic nitrogens is 2. The van der Waals surface area contributed by atoms with Crippen LogP contribution in [0.3, 0.4) is 0 Å². The highest BCUT2D eigenvalue weighted by Gasteiger charge is 2.13. The number of carbonyl (C=O) groups is 1. The normalized spacial score (nSPS) is 13.5. The molecule has 1 fully saturated rings. The van der Waals surface area contributed by atoms with Crippen molar-refractivity contribution < 1.29 is 19.0 Å². The zero-order valence-corrected chi connectivity index (χ0v) is 18.2. The van der Waals surface area contributed by atoms with Crippen LogP contribution >= 0.6 is 0 Å². The van der Waals surface area contributed by atoms with Gasteiger partial charge in [0.25, 0.3) is 5.91 Å². The quantitative estimate of drug-likeness (QED) is 0.611. The average molecular weight is 434 g/mol. The number of hydrogen-bond acceptors (Lipinski definition) is 7. The standard InChI is InChI=1S/C24H26N4O4/c1-17-6-8-21(22(14-17)30-2)32-16-24(29)25-19-5-3-4-18(15-19)20-7-9-23(27-26-20)28-10-12-31-13-11-28/h3-9,14-15H,10-13,16H2,1-2H3,(H,25,29). The van der Waals surface area contributed by atoms with Gasteiger partial charge in [0.1, 0.15) is 0 Å². The fourth-order valence-electron chi connectivity index (χ4n) is 3.43. The van der Waals surface area contributed by atoms with Crippen LogP contribution in [0.1, 0.15) is 5.56 Å². The fraction of sp³-hybridized carbons (Fsp3) is 0.292. The number of amides is 1. The zero-order chi connectivity index (χ0) is 22.3. The van der Waals surface area contributed by atoms with Crippen molar-refractivity contribution in [1.82, 2.24) is 10.2 Å². The summed E-state index contributed by atoms with van der Waals surface area (Å²) in [4.78, 5) is 14.6. The summed E-state index contributed by atoms with van der Waals surface area (Å²) < 4.78 is 16.3. The van der Waals surface area contributed by atoms with E-state index in [1.165, 1.54) is 0 Å². The summed E-state index contributed by atoms with van der Waals surface area (Å²) in [7, 11) is 1.57. The van der Waals surface area contributed by atoms with E-state index in [4.69, 9.17) is 14.2 Å². The van der Waals surface area contributed by atoms with E-state index in [0.29, 0.717) is 30.4 Å². The van der Waals surface area contributed by atoms with Gasteiger partial charge in [-0.05, 0) is 48.9 Å². The van der Waals surface area contributed by atoms with E-state index >= 15 is 0 Å². The number of methoxy groups -OCH3 is 1. The van der Waals surface area contributed by atoms with Crippen LogP contribution in [-0.4, -0.2) is 56.1 Å². The molecule has 4 rings (SSSR count). The first-order chi connectivity index (χ1) is 15.6. The molecule has 3 aromatic rings. The number of anilines is 2. The summed E-state index contributed by atoms with van der Waals surface area (Å²) in [6, 6.07) is 16.9.